The number of fused-ring (bicyclic) bond motifs is 1. The number of quaternary nitrogens is 1. The average Bonchev–Trinajstić information content (AvgIpc) is 3.76. The minimum atomic E-state index is -0.574. The van der Waals surface area contributed by atoms with Gasteiger partial charge in [-0.25, -0.2) is 0 Å². The maximum atomic E-state index is 12.5. The van der Waals surface area contributed by atoms with Crippen molar-refractivity contribution in [1.29, 1.82) is 0 Å². The summed E-state index contributed by atoms with van der Waals surface area (Å²) in [7, 11) is 0. The van der Waals surface area contributed by atoms with Crippen LogP contribution in [0.3, 0.4) is 0 Å². The molecule has 0 bridgehead atoms. The first-order valence-corrected chi connectivity index (χ1v) is 16.9. The lowest BCUT2D eigenvalue weighted by atomic mass is 9.70. The van der Waals surface area contributed by atoms with E-state index in [0.29, 0.717) is 44.2 Å². The van der Waals surface area contributed by atoms with Gasteiger partial charge in [-0.3, -0.25) is 14.7 Å². The summed E-state index contributed by atoms with van der Waals surface area (Å²) in [4.78, 5) is 18.4. The molecular formula is C37H51N4O5+. The van der Waals surface area contributed by atoms with E-state index in [1.807, 2.05) is 24.4 Å². The van der Waals surface area contributed by atoms with E-state index in [-0.39, 0.29) is 30.0 Å². The number of ether oxygens (including phenoxy) is 1. The number of carbonyl (C=O) groups excluding carboxylic acids is 1. The van der Waals surface area contributed by atoms with Crippen molar-refractivity contribution in [3.63, 3.8) is 0 Å². The lowest BCUT2D eigenvalue weighted by molar-refractivity contribution is -0.855. The van der Waals surface area contributed by atoms with Gasteiger partial charge in [-0.2, -0.15) is 0 Å². The largest absolute Gasteiger partial charge is 0.504 e. The number of phenols is 1. The molecule has 0 aromatic heterocycles. The Bertz CT molecular complexity index is 1470. The smallest absolute Gasteiger partial charge is 0.227 e. The van der Waals surface area contributed by atoms with Crippen LogP contribution in [0.2, 0.25) is 0 Å². The van der Waals surface area contributed by atoms with Gasteiger partial charge in [0.05, 0.1) is 12.3 Å². The third-order valence-corrected chi connectivity index (χ3v) is 9.94. The molecule has 0 saturated heterocycles. The number of aromatic hydroxyl groups is 1. The van der Waals surface area contributed by atoms with Gasteiger partial charge in [0.2, 0.25) is 6.73 Å². The SMILES string of the molecule is CCCCCC(O)CC(=O)CCc1ccc(O)c(OC[NH+]2C=C3N=CC(C4(c5cccc(C(N)N)c5)CCC(CCO)C4)=C3C2)c1. The lowest BCUT2D eigenvalue weighted by Crippen LogP contribution is -3.07. The number of Topliss-reactive ketones (excluding diaryl/α,β-unsaturated/α-hetero) is 1. The van der Waals surface area contributed by atoms with Gasteiger partial charge in [0, 0.05) is 36.7 Å². The Morgan fingerprint density at radius 1 is 1.20 bits per heavy atom. The van der Waals surface area contributed by atoms with E-state index in [0.717, 1.165) is 66.7 Å². The first-order valence-electron chi connectivity index (χ1n) is 16.9. The number of carbonyl (C=O) groups is 1. The Labute approximate surface area is 272 Å². The summed E-state index contributed by atoms with van der Waals surface area (Å²) in [6.45, 7) is 3.32. The fourth-order valence-corrected chi connectivity index (χ4v) is 7.38. The monoisotopic (exact) mass is 631 g/mol. The van der Waals surface area contributed by atoms with E-state index in [9.17, 15) is 20.1 Å². The molecule has 2 heterocycles. The number of hydrogen-bond donors (Lipinski definition) is 6. The number of aliphatic hydroxyl groups is 2. The molecular weight excluding hydrogens is 580 g/mol. The molecule has 0 radical (unpaired) electrons. The molecule has 2 aliphatic heterocycles. The van der Waals surface area contributed by atoms with Crippen molar-refractivity contribution in [2.75, 3.05) is 19.9 Å². The Morgan fingerprint density at radius 3 is 2.83 bits per heavy atom. The summed E-state index contributed by atoms with van der Waals surface area (Å²) < 4.78 is 6.13. The molecule has 4 unspecified atom stereocenters. The zero-order valence-corrected chi connectivity index (χ0v) is 27.1. The van der Waals surface area contributed by atoms with Crippen molar-refractivity contribution in [3.8, 4) is 11.5 Å². The van der Waals surface area contributed by atoms with Crippen LogP contribution in [-0.2, 0) is 16.6 Å². The number of unbranched alkanes of at least 4 members (excludes halogenated alkanes) is 2. The fourth-order valence-electron chi connectivity index (χ4n) is 7.38. The molecule has 3 aliphatic rings. The number of ketones is 1. The molecule has 9 heteroatoms. The number of nitrogens with zero attached hydrogens (tertiary/aromatic N) is 1. The van der Waals surface area contributed by atoms with Gasteiger partial charge < -0.3 is 31.5 Å². The predicted octanol–water partition coefficient (Wildman–Crippen LogP) is 3.72. The maximum absolute atomic E-state index is 12.5. The number of nitrogens with two attached hydrogens (primary N) is 2. The number of aryl methyl sites for hydroxylation is 1. The highest BCUT2D eigenvalue weighted by Gasteiger charge is 2.47. The minimum Gasteiger partial charge on any atom is -0.504 e. The number of nitrogens with one attached hydrogen (secondary N) is 1. The number of phenolic OH excluding ortho intramolecular Hbond substituents is 1. The average molecular weight is 632 g/mol. The summed E-state index contributed by atoms with van der Waals surface area (Å²) in [5, 5.41) is 30.4. The first-order chi connectivity index (χ1) is 22.2. The maximum Gasteiger partial charge on any atom is 0.227 e. The molecule has 5 rings (SSSR count). The van der Waals surface area contributed by atoms with Crippen LogP contribution in [0.4, 0.5) is 0 Å². The van der Waals surface area contributed by atoms with Gasteiger partial charge in [0.15, 0.2) is 11.5 Å². The number of hydrogen-bond acceptors (Lipinski definition) is 8. The van der Waals surface area contributed by atoms with E-state index in [1.165, 1.54) is 16.7 Å². The van der Waals surface area contributed by atoms with Gasteiger partial charge in [-0.1, -0.05) is 56.5 Å². The number of benzene rings is 2. The third-order valence-electron chi connectivity index (χ3n) is 9.94. The predicted molar refractivity (Wildman–Crippen MR) is 179 cm³/mol. The molecule has 2 aromatic carbocycles. The normalized spacial score (nSPS) is 22.9. The molecule has 248 valence electrons. The summed E-state index contributed by atoms with van der Waals surface area (Å²) in [5.74, 6) is 0.913. The standard InChI is InChI=1S/C37H50N4O5/c1-2-3-4-8-29(43)19-30(44)11-9-25-10-12-34(45)35(17-25)46-24-41-22-31-32(21-40-33(31)23-41)37(15-13-26(20-37)14-16-42)28-7-5-6-27(18-28)36(38)39/h5-7,10,12,17-18,21,23,26,29,36,42-43,45H,2-4,8-9,11,13-16,19-20,22,24,38-39H2,1H3/p+1. The van der Waals surface area contributed by atoms with Crippen LogP contribution >= 0.6 is 0 Å². The molecule has 46 heavy (non-hydrogen) atoms. The van der Waals surface area contributed by atoms with Crippen LogP contribution in [0, 0.1) is 5.92 Å². The molecule has 2 aromatic rings. The highest BCUT2D eigenvalue weighted by Crippen LogP contribution is 2.52. The number of aliphatic imine (C=N–C) groups is 1. The van der Waals surface area contributed by atoms with E-state index >= 15 is 0 Å². The molecule has 4 atom stereocenters. The van der Waals surface area contributed by atoms with Crippen molar-refractivity contribution in [2.45, 2.75) is 95.2 Å². The second kappa shape index (κ2) is 15.5. The lowest BCUT2D eigenvalue weighted by Gasteiger charge is -2.32. The van der Waals surface area contributed by atoms with Gasteiger partial charge in [0.25, 0.3) is 0 Å². The van der Waals surface area contributed by atoms with Gasteiger partial charge >= 0.3 is 0 Å². The minimum absolute atomic E-state index is 0.0455. The van der Waals surface area contributed by atoms with Crippen LogP contribution in [-0.4, -0.2) is 53.3 Å². The van der Waals surface area contributed by atoms with Crippen molar-refractivity contribution in [1.82, 2.24) is 0 Å². The van der Waals surface area contributed by atoms with Crippen LogP contribution in [0.5, 0.6) is 11.5 Å². The van der Waals surface area contributed by atoms with Crippen LogP contribution in [0.15, 0.2) is 70.5 Å². The van der Waals surface area contributed by atoms with E-state index in [4.69, 9.17) is 21.2 Å². The number of aliphatic hydroxyl groups excluding tert-OH is 2. The highest BCUT2D eigenvalue weighted by molar-refractivity contribution is 5.90. The number of allylic oxidation sites excluding steroid dienone is 1. The van der Waals surface area contributed by atoms with Gasteiger partial charge in [-0.15, -0.1) is 0 Å². The summed E-state index contributed by atoms with van der Waals surface area (Å²) >= 11 is 0. The van der Waals surface area contributed by atoms with Crippen LogP contribution in [0.25, 0.3) is 0 Å². The second-order valence-corrected chi connectivity index (χ2v) is 13.4. The Morgan fingerprint density at radius 2 is 2.04 bits per heavy atom. The van der Waals surface area contributed by atoms with E-state index in [1.54, 1.807) is 12.1 Å². The van der Waals surface area contributed by atoms with Gasteiger partial charge in [0.1, 0.15) is 24.2 Å². The summed E-state index contributed by atoms with van der Waals surface area (Å²) in [6.07, 6.45) is 11.5. The topological polar surface area (TPSA) is 156 Å². The molecule has 1 fully saturated rings. The Hall–Kier alpha value is -3.34. The number of rotatable bonds is 17. The zero-order valence-electron chi connectivity index (χ0n) is 27.1. The van der Waals surface area contributed by atoms with Crippen LogP contribution < -0.4 is 21.1 Å². The Kier molecular flexibility index (Phi) is 11.5. The zero-order chi connectivity index (χ0) is 32.7. The van der Waals surface area contributed by atoms with E-state index in [2.05, 4.69) is 25.3 Å². The molecule has 8 N–H and O–H groups in total. The first kappa shape index (κ1) is 34.0. The molecule has 1 aliphatic carbocycles. The molecule has 0 amide bonds. The van der Waals surface area contributed by atoms with Crippen molar-refractivity contribution >= 4 is 12.0 Å². The quantitative estimate of drug-likeness (QED) is 0.115. The highest BCUT2D eigenvalue weighted by atomic mass is 16.5. The summed E-state index contributed by atoms with van der Waals surface area (Å²) in [6, 6.07) is 13.5. The van der Waals surface area contributed by atoms with Crippen molar-refractivity contribution < 1.29 is 29.8 Å². The van der Waals surface area contributed by atoms with Crippen molar-refractivity contribution in [3.05, 3.63) is 82.2 Å². The van der Waals surface area contributed by atoms with Crippen LogP contribution in [0.1, 0.15) is 94.0 Å². The van der Waals surface area contributed by atoms with E-state index < -0.39 is 12.3 Å². The molecule has 1 saturated carbocycles. The Balaban J connectivity index is 1.24. The summed E-state index contributed by atoms with van der Waals surface area (Å²) in [5.41, 5.74) is 18.3. The second-order valence-electron chi connectivity index (χ2n) is 13.4. The molecule has 0 spiro atoms. The molecule has 9 nitrogen and oxygen atoms in total. The third kappa shape index (κ3) is 7.96. The fraction of sp³-hybridized carbons (Fsp3) is 0.514. The van der Waals surface area contributed by atoms with Gasteiger partial charge in [-0.05, 0) is 78.8 Å². The van der Waals surface area contributed by atoms with Crippen molar-refractivity contribution in [2.24, 2.45) is 22.4 Å².